The van der Waals surface area contributed by atoms with Crippen LogP contribution in [-0.4, -0.2) is 8.42 Å². The van der Waals surface area contributed by atoms with Crippen LogP contribution in [0.5, 0.6) is 0 Å². The minimum absolute atomic E-state index is 0.0956. The van der Waals surface area contributed by atoms with E-state index in [2.05, 4.69) is 0 Å². The van der Waals surface area contributed by atoms with Gasteiger partial charge in [0.05, 0.1) is 27.0 Å². The van der Waals surface area contributed by atoms with Crippen LogP contribution in [0.3, 0.4) is 0 Å². The lowest BCUT2D eigenvalue weighted by atomic mass is 10.1. The maximum atomic E-state index is 11.1. The summed E-state index contributed by atoms with van der Waals surface area (Å²) in [6.07, 6.45) is 0. The second kappa shape index (κ2) is 4.09. The van der Waals surface area contributed by atoms with Crippen LogP contribution in [0.4, 0.5) is 0 Å². The second-order valence-electron chi connectivity index (χ2n) is 3.36. The van der Waals surface area contributed by atoms with Crippen LogP contribution in [0.25, 0.3) is 10.8 Å². The van der Waals surface area contributed by atoms with E-state index in [9.17, 15) is 8.42 Å². The average Bonchev–Trinajstić information content (AvgIpc) is 2.15. The summed E-state index contributed by atoms with van der Waals surface area (Å²) < 4.78 is 22.2. The molecule has 2 rings (SSSR count). The monoisotopic (exact) mass is 332 g/mol. The highest BCUT2D eigenvalue weighted by Crippen LogP contribution is 2.18. The quantitative estimate of drug-likeness (QED) is 0.626. The molecule has 0 spiro atoms. The van der Waals surface area contributed by atoms with Crippen molar-refractivity contribution in [3.8, 4) is 0 Å². The molecule has 2 aromatic carbocycles. The van der Waals surface area contributed by atoms with Crippen molar-refractivity contribution in [1.82, 2.24) is 0 Å². The van der Waals surface area contributed by atoms with Crippen LogP contribution in [-0.2, 0) is 12.8 Å². The third-order valence-corrected chi connectivity index (χ3v) is 3.77. The van der Waals surface area contributed by atoms with Gasteiger partial charge in [-0.15, -0.1) is 0 Å². The molecule has 0 radical (unpaired) electrons. The van der Waals surface area contributed by atoms with Gasteiger partial charge in [-0.2, -0.15) is 0 Å². The Balaban J connectivity index is 2.48. The SMILES string of the molecule is O=S(=O)(I)Cc1ccc2ccccc2c1. The first kappa shape index (κ1) is 10.9. The Kier molecular flexibility index (Phi) is 2.97. The molecular weight excluding hydrogens is 323 g/mol. The lowest BCUT2D eigenvalue weighted by molar-refractivity contribution is 0.612. The van der Waals surface area contributed by atoms with Crippen molar-refractivity contribution >= 4 is 39.0 Å². The summed E-state index contributed by atoms with van der Waals surface area (Å²) in [5, 5.41) is 2.21. The van der Waals surface area contributed by atoms with Crippen LogP contribution in [0.15, 0.2) is 42.5 Å². The van der Waals surface area contributed by atoms with Gasteiger partial charge in [0.25, 0.3) is 0 Å². The van der Waals surface area contributed by atoms with Gasteiger partial charge in [0.15, 0.2) is 0 Å². The molecule has 2 aromatic rings. The topological polar surface area (TPSA) is 34.1 Å². The van der Waals surface area contributed by atoms with Crippen LogP contribution in [0, 0.1) is 0 Å². The molecule has 0 aliphatic rings. The minimum atomic E-state index is -2.98. The van der Waals surface area contributed by atoms with E-state index in [1.807, 2.05) is 42.5 Å². The van der Waals surface area contributed by atoms with Gasteiger partial charge in [-0.05, 0) is 16.3 Å². The highest BCUT2D eigenvalue weighted by Gasteiger charge is 2.06. The first-order valence-electron chi connectivity index (χ1n) is 4.45. The van der Waals surface area contributed by atoms with E-state index in [1.165, 1.54) is 21.2 Å². The van der Waals surface area contributed by atoms with E-state index in [0.29, 0.717) is 0 Å². The van der Waals surface area contributed by atoms with Gasteiger partial charge in [-0.3, -0.25) is 0 Å². The Morgan fingerprint density at radius 1 is 1.00 bits per heavy atom. The van der Waals surface area contributed by atoms with Gasteiger partial charge in [-0.1, -0.05) is 42.5 Å². The smallest absolute Gasteiger partial charge is 0.207 e. The minimum Gasteiger partial charge on any atom is -0.218 e. The second-order valence-corrected chi connectivity index (χ2v) is 8.76. The molecule has 78 valence electrons. The average molecular weight is 332 g/mol. The van der Waals surface area contributed by atoms with E-state index >= 15 is 0 Å². The molecule has 0 heterocycles. The number of halogens is 1. The molecule has 0 aromatic heterocycles. The van der Waals surface area contributed by atoms with Gasteiger partial charge < -0.3 is 0 Å². The Labute approximate surface area is 101 Å². The Morgan fingerprint density at radius 2 is 1.67 bits per heavy atom. The van der Waals surface area contributed by atoms with Gasteiger partial charge >= 0.3 is 0 Å². The van der Waals surface area contributed by atoms with Crippen molar-refractivity contribution in [2.45, 2.75) is 5.75 Å². The summed E-state index contributed by atoms with van der Waals surface area (Å²) in [4.78, 5) is 0. The van der Waals surface area contributed by atoms with E-state index < -0.39 is 7.01 Å². The lowest BCUT2D eigenvalue weighted by Crippen LogP contribution is -1.93. The standard InChI is InChI=1S/C11H9IO2S/c12-15(13,14)8-9-5-6-10-3-1-2-4-11(10)7-9/h1-7H,8H2. The Morgan fingerprint density at radius 3 is 2.33 bits per heavy atom. The fourth-order valence-corrected chi connectivity index (χ4v) is 3.18. The number of hydrogen-bond donors (Lipinski definition) is 0. The van der Waals surface area contributed by atoms with Crippen molar-refractivity contribution in [1.29, 1.82) is 0 Å². The summed E-state index contributed by atoms with van der Waals surface area (Å²) in [6.45, 7) is 0. The number of hydrogen-bond acceptors (Lipinski definition) is 2. The molecule has 0 unspecified atom stereocenters. The van der Waals surface area contributed by atoms with Crippen molar-refractivity contribution in [2.24, 2.45) is 0 Å². The van der Waals surface area contributed by atoms with Gasteiger partial charge in [0, 0.05) is 0 Å². The summed E-state index contributed by atoms with van der Waals surface area (Å²) in [5.74, 6) is 0.0956. The molecule has 0 fully saturated rings. The first-order valence-corrected chi connectivity index (χ1v) is 8.64. The van der Waals surface area contributed by atoms with Crippen molar-refractivity contribution in [3.63, 3.8) is 0 Å². The molecule has 0 saturated heterocycles. The number of fused-ring (bicyclic) bond motifs is 1. The molecule has 2 nitrogen and oxygen atoms in total. The van der Waals surface area contributed by atoms with Gasteiger partial charge in [0.1, 0.15) is 0 Å². The summed E-state index contributed by atoms with van der Waals surface area (Å²) in [6, 6.07) is 13.6. The van der Waals surface area contributed by atoms with E-state index in [0.717, 1.165) is 16.3 Å². The molecule has 0 N–H and O–H groups in total. The zero-order valence-corrected chi connectivity index (χ0v) is 10.8. The number of rotatable bonds is 2. The Bertz CT molecular complexity index is 590. The molecule has 0 amide bonds. The third kappa shape index (κ3) is 2.92. The summed E-state index contributed by atoms with van der Waals surface area (Å²) in [5.41, 5.74) is 0.836. The van der Waals surface area contributed by atoms with E-state index in [4.69, 9.17) is 0 Å². The normalized spacial score (nSPS) is 11.8. The molecule has 0 saturated carbocycles. The van der Waals surface area contributed by atoms with E-state index in [1.54, 1.807) is 0 Å². The van der Waals surface area contributed by atoms with E-state index in [-0.39, 0.29) is 5.75 Å². The predicted molar refractivity (Wildman–Crippen MR) is 70.6 cm³/mol. The lowest BCUT2D eigenvalue weighted by Gasteiger charge is -2.01. The van der Waals surface area contributed by atoms with Crippen LogP contribution < -0.4 is 0 Å². The first-order chi connectivity index (χ1) is 7.04. The molecule has 0 bridgehead atoms. The summed E-state index contributed by atoms with van der Waals surface area (Å²) >= 11 is 1.48. The number of benzene rings is 2. The molecule has 4 heteroatoms. The maximum absolute atomic E-state index is 11.1. The highest BCUT2D eigenvalue weighted by molar-refractivity contribution is 14.2. The zero-order chi connectivity index (χ0) is 10.9. The third-order valence-electron chi connectivity index (χ3n) is 2.15. The summed E-state index contributed by atoms with van der Waals surface area (Å²) in [7, 11) is -2.98. The fourth-order valence-electron chi connectivity index (χ4n) is 1.53. The Hall–Kier alpha value is -0.620. The molecule has 0 aliphatic carbocycles. The van der Waals surface area contributed by atoms with Crippen LogP contribution in [0.2, 0.25) is 0 Å². The molecule has 15 heavy (non-hydrogen) atoms. The van der Waals surface area contributed by atoms with Crippen molar-refractivity contribution in [2.75, 3.05) is 0 Å². The van der Waals surface area contributed by atoms with Crippen LogP contribution >= 0.6 is 21.2 Å². The molecular formula is C11H9IO2S. The maximum Gasteiger partial charge on any atom is 0.207 e. The van der Waals surface area contributed by atoms with Crippen molar-refractivity contribution < 1.29 is 8.42 Å². The molecule has 0 atom stereocenters. The molecule has 0 aliphatic heterocycles. The predicted octanol–water partition coefficient (Wildman–Crippen LogP) is 3.10. The largest absolute Gasteiger partial charge is 0.218 e. The highest BCUT2D eigenvalue weighted by atomic mass is 127. The van der Waals surface area contributed by atoms with Crippen LogP contribution in [0.1, 0.15) is 5.56 Å². The van der Waals surface area contributed by atoms with Gasteiger partial charge in [0.2, 0.25) is 7.01 Å². The zero-order valence-electron chi connectivity index (χ0n) is 7.85. The fraction of sp³-hybridized carbons (Fsp3) is 0.0909. The van der Waals surface area contributed by atoms with Crippen molar-refractivity contribution in [3.05, 3.63) is 48.0 Å². The van der Waals surface area contributed by atoms with Gasteiger partial charge in [-0.25, -0.2) is 8.42 Å².